The topological polar surface area (TPSA) is 108 Å². The molecule has 0 aliphatic heterocycles. The smallest absolute Gasteiger partial charge is 0.249 e. The lowest BCUT2D eigenvalue weighted by molar-refractivity contribution is 0.100. The number of benzene rings is 3. The number of rotatable bonds is 11. The maximum Gasteiger partial charge on any atom is 0.249 e. The molecule has 0 aliphatic rings. The lowest BCUT2D eigenvalue weighted by Gasteiger charge is -2.29. The first-order valence-electron chi connectivity index (χ1n) is 10.8. The minimum atomic E-state index is -1.73. The summed E-state index contributed by atoms with van der Waals surface area (Å²) in [6.07, 6.45) is 0. The number of methoxy groups -OCH3 is 7. The molecular weight excluding hydrogens is 485 g/mol. The molecule has 0 atom stereocenters. The fourth-order valence-corrected chi connectivity index (χ4v) is 7.02. The standard InChI is InChI=1S/C26H30NO8P/c1-29-16-10-8-11-17(30-2)24(16)36(25-18(31-3)12-9-13-19(25)32-4)23-15(26(27)28)14-20(33-5)21(34-6)22(23)35-7/h8-14H,1-7H3,(H2,27,28). The van der Waals surface area contributed by atoms with Crippen molar-refractivity contribution in [2.24, 2.45) is 5.73 Å². The summed E-state index contributed by atoms with van der Waals surface area (Å²) in [5.41, 5.74) is 6.10. The molecule has 0 bridgehead atoms. The summed E-state index contributed by atoms with van der Waals surface area (Å²) in [7, 11) is 8.96. The van der Waals surface area contributed by atoms with Gasteiger partial charge < -0.3 is 38.9 Å². The fraction of sp³-hybridized carbons (Fsp3) is 0.269. The highest BCUT2D eigenvalue weighted by Crippen LogP contribution is 2.51. The number of primary amides is 1. The minimum absolute atomic E-state index is 0.177. The molecule has 10 heteroatoms. The monoisotopic (exact) mass is 515 g/mol. The second-order valence-electron chi connectivity index (χ2n) is 7.26. The Bertz CT molecular complexity index is 1150. The van der Waals surface area contributed by atoms with Gasteiger partial charge in [-0.3, -0.25) is 4.79 Å². The van der Waals surface area contributed by atoms with E-state index in [0.717, 1.165) is 0 Å². The van der Waals surface area contributed by atoms with Crippen molar-refractivity contribution in [2.45, 2.75) is 0 Å². The third-order valence-corrected chi connectivity index (χ3v) is 8.21. The molecule has 0 heterocycles. The maximum absolute atomic E-state index is 12.9. The Kier molecular flexibility index (Phi) is 8.72. The highest BCUT2D eigenvalue weighted by molar-refractivity contribution is 7.81. The van der Waals surface area contributed by atoms with E-state index in [4.69, 9.17) is 38.9 Å². The summed E-state index contributed by atoms with van der Waals surface area (Å²) in [6.45, 7) is 0. The molecule has 0 radical (unpaired) electrons. The number of ether oxygens (including phenoxy) is 7. The molecular formula is C26H30NO8P. The van der Waals surface area contributed by atoms with Crippen LogP contribution < -0.4 is 54.8 Å². The lowest BCUT2D eigenvalue weighted by Crippen LogP contribution is -2.31. The predicted octanol–water partition coefficient (Wildman–Crippen LogP) is 2.60. The van der Waals surface area contributed by atoms with Crippen LogP contribution in [0.15, 0.2) is 42.5 Å². The quantitative estimate of drug-likeness (QED) is 0.389. The lowest BCUT2D eigenvalue weighted by atomic mass is 10.1. The molecule has 0 saturated heterocycles. The van der Waals surface area contributed by atoms with Crippen molar-refractivity contribution in [2.75, 3.05) is 49.8 Å². The highest BCUT2D eigenvalue weighted by atomic mass is 31.1. The number of carbonyl (C=O) groups is 1. The van der Waals surface area contributed by atoms with Gasteiger partial charge in [-0.1, -0.05) is 12.1 Å². The van der Waals surface area contributed by atoms with Crippen LogP contribution in [0, 0.1) is 0 Å². The van der Waals surface area contributed by atoms with Crippen LogP contribution in [-0.4, -0.2) is 55.7 Å². The molecule has 1 amide bonds. The van der Waals surface area contributed by atoms with Gasteiger partial charge in [-0.15, -0.1) is 0 Å². The highest BCUT2D eigenvalue weighted by Gasteiger charge is 2.37. The van der Waals surface area contributed by atoms with Crippen molar-refractivity contribution in [3.63, 3.8) is 0 Å². The summed E-state index contributed by atoms with van der Waals surface area (Å²) in [6, 6.07) is 12.4. The largest absolute Gasteiger partial charge is 0.496 e. The summed E-state index contributed by atoms with van der Waals surface area (Å²) in [5.74, 6) is 2.30. The number of nitrogens with two attached hydrogens (primary N) is 1. The van der Waals surface area contributed by atoms with Gasteiger partial charge in [-0.05, 0) is 30.3 Å². The molecule has 0 spiro atoms. The Morgan fingerprint density at radius 3 is 1.28 bits per heavy atom. The Morgan fingerprint density at radius 2 is 0.972 bits per heavy atom. The average molecular weight is 515 g/mol. The average Bonchev–Trinajstić information content (AvgIpc) is 2.92. The van der Waals surface area contributed by atoms with Crippen molar-refractivity contribution in [3.8, 4) is 40.2 Å². The SMILES string of the molecule is COc1cc(C(N)=O)c(P(c2c(OC)cccc2OC)c2c(OC)cccc2OC)c(OC)c1OC. The molecule has 3 rings (SSSR count). The van der Waals surface area contributed by atoms with E-state index in [9.17, 15) is 4.79 Å². The van der Waals surface area contributed by atoms with Crippen molar-refractivity contribution in [1.82, 2.24) is 0 Å². The van der Waals surface area contributed by atoms with Gasteiger partial charge in [0.15, 0.2) is 11.5 Å². The van der Waals surface area contributed by atoms with Gasteiger partial charge >= 0.3 is 0 Å². The van der Waals surface area contributed by atoms with Gasteiger partial charge in [0.05, 0.1) is 65.9 Å². The van der Waals surface area contributed by atoms with E-state index in [-0.39, 0.29) is 11.3 Å². The van der Waals surface area contributed by atoms with Gasteiger partial charge in [0.1, 0.15) is 23.0 Å². The van der Waals surface area contributed by atoms with Crippen LogP contribution in [0.1, 0.15) is 10.4 Å². The van der Waals surface area contributed by atoms with Crippen LogP contribution in [0.4, 0.5) is 0 Å². The molecule has 0 fully saturated rings. The van der Waals surface area contributed by atoms with Crippen molar-refractivity contribution >= 4 is 29.7 Å². The van der Waals surface area contributed by atoms with Gasteiger partial charge in [0.25, 0.3) is 0 Å². The van der Waals surface area contributed by atoms with Crippen LogP contribution in [0.25, 0.3) is 0 Å². The van der Waals surface area contributed by atoms with E-state index in [0.29, 0.717) is 50.4 Å². The molecule has 36 heavy (non-hydrogen) atoms. The minimum Gasteiger partial charge on any atom is -0.496 e. The van der Waals surface area contributed by atoms with Crippen molar-refractivity contribution < 1.29 is 38.0 Å². The van der Waals surface area contributed by atoms with E-state index in [2.05, 4.69) is 0 Å². The van der Waals surface area contributed by atoms with E-state index in [1.807, 2.05) is 36.4 Å². The first-order valence-corrected chi connectivity index (χ1v) is 12.1. The first kappa shape index (κ1) is 26.8. The van der Waals surface area contributed by atoms with Crippen LogP contribution in [0.5, 0.6) is 40.2 Å². The third-order valence-electron chi connectivity index (χ3n) is 5.54. The Hall–Kier alpha value is -3.84. The number of carbonyl (C=O) groups excluding carboxylic acids is 1. The number of hydrogen-bond donors (Lipinski definition) is 1. The summed E-state index contributed by atoms with van der Waals surface area (Å²) < 4.78 is 40.1. The van der Waals surface area contributed by atoms with Crippen LogP contribution in [-0.2, 0) is 0 Å². The molecule has 0 saturated carbocycles. The zero-order valence-corrected chi connectivity index (χ0v) is 22.2. The second kappa shape index (κ2) is 11.7. The molecule has 0 unspecified atom stereocenters. The molecule has 2 N–H and O–H groups in total. The third kappa shape index (κ3) is 4.66. The van der Waals surface area contributed by atoms with E-state index >= 15 is 0 Å². The van der Waals surface area contributed by atoms with Gasteiger partial charge in [0, 0.05) is 13.2 Å². The van der Waals surface area contributed by atoms with E-state index < -0.39 is 13.8 Å². The molecule has 0 aromatic heterocycles. The second-order valence-corrected chi connectivity index (χ2v) is 9.28. The van der Waals surface area contributed by atoms with Crippen LogP contribution >= 0.6 is 7.92 Å². The Labute approximate surface area is 211 Å². The van der Waals surface area contributed by atoms with Gasteiger partial charge in [-0.25, -0.2) is 0 Å². The summed E-state index contributed by atoms with van der Waals surface area (Å²) >= 11 is 0. The molecule has 192 valence electrons. The Morgan fingerprint density at radius 1 is 0.583 bits per heavy atom. The fourth-order valence-electron chi connectivity index (χ4n) is 3.99. The first-order chi connectivity index (χ1) is 17.4. The maximum atomic E-state index is 12.9. The molecule has 9 nitrogen and oxygen atoms in total. The zero-order valence-electron chi connectivity index (χ0n) is 21.3. The Balaban J connectivity index is 2.66. The molecule has 3 aromatic carbocycles. The van der Waals surface area contributed by atoms with E-state index in [1.165, 1.54) is 27.4 Å². The van der Waals surface area contributed by atoms with Crippen LogP contribution in [0.2, 0.25) is 0 Å². The normalized spacial score (nSPS) is 10.6. The van der Waals surface area contributed by atoms with Crippen molar-refractivity contribution in [3.05, 3.63) is 48.0 Å². The van der Waals surface area contributed by atoms with Crippen molar-refractivity contribution in [1.29, 1.82) is 0 Å². The molecule has 0 aliphatic carbocycles. The summed E-state index contributed by atoms with van der Waals surface area (Å²) in [5, 5.41) is 1.78. The molecule has 3 aromatic rings. The van der Waals surface area contributed by atoms with Crippen LogP contribution in [0.3, 0.4) is 0 Å². The number of amides is 1. The predicted molar refractivity (Wildman–Crippen MR) is 140 cm³/mol. The van der Waals surface area contributed by atoms with E-state index in [1.54, 1.807) is 28.4 Å². The van der Waals surface area contributed by atoms with Gasteiger partial charge in [-0.2, -0.15) is 0 Å². The van der Waals surface area contributed by atoms with Gasteiger partial charge in [0.2, 0.25) is 11.7 Å². The number of hydrogen-bond acceptors (Lipinski definition) is 8. The summed E-state index contributed by atoms with van der Waals surface area (Å²) in [4.78, 5) is 12.9. The zero-order chi connectivity index (χ0) is 26.4.